The fourth-order valence-electron chi connectivity index (χ4n) is 2.31. The third kappa shape index (κ3) is 9.21. The van der Waals surface area contributed by atoms with Crippen molar-refractivity contribution in [3.05, 3.63) is 33.6 Å². The van der Waals surface area contributed by atoms with E-state index in [-0.39, 0.29) is 23.6 Å². The third-order valence-electron chi connectivity index (χ3n) is 5.31. The van der Waals surface area contributed by atoms with Gasteiger partial charge in [0.05, 0.1) is 30.0 Å². The number of aliphatic hydroxyl groups is 1. The molecule has 1 aromatic rings. The van der Waals surface area contributed by atoms with Gasteiger partial charge < -0.3 is 14.3 Å². The molecule has 1 N–H and O–H groups in total. The van der Waals surface area contributed by atoms with Crippen LogP contribution in [0.2, 0.25) is 18.1 Å². The smallest absolute Gasteiger partial charge is 0.193 e. The first-order chi connectivity index (χ1) is 13.4. The van der Waals surface area contributed by atoms with Gasteiger partial charge in [0.25, 0.3) is 0 Å². The van der Waals surface area contributed by atoms with E-state index in [9.17, 15) is 0 Å². The largest absolute Gasteiger partial charge is 0.407 e. The van der Waals surface area contributed by atoms with Crippen LogP contribution in [-0.2, 0) is 9.16 Å². The first kappa shape index (κ1) is 26.2. The van der Waals surface area contributed by atoms with Crippen molar-refractivity contribution in [1.29, 1.82) is 0 Å². The van der Waals surface area contributed by atoms with Crippen molar-refractivity contribution in [3.8, 4) is 0 Å². The zero-order valence-corrected chi connectivity index (χ0v) is 21.0. The van der Waals surface area contributed by atoms with Crippen LogP contribution in [0.3, 0.4) is 0 Å². The number of aromatic nitrogens is 1. The second kappa shape index (κ2) is 11.5. The molecule has 29 heavy (non-hydrogen) atoms. The zero-order valence-electron chi connectivity index (χ0n) is 19.2. The highest BCUT2D eigenvalue weighted by Gasteiger charge is 2.39. The Labute approximate surface area is 181 Å². The highest BCUT2D eigenvalue weighted by Crippen LogP contribution is 2.39. The minimum absolute atomic E-state index is 0.00419. The Morgan fingerprint density at radius 3 is 2.55 bits per heavy atom. The quantitative estimate of drug-likeness (QED) is 0.323. The average molecular weight is 444 g/mol. The Bertz CT molecular complexity index is 694. The number of ether oxygens (including phenoxy) is 1. The summed E-state index contributed by atoms with van der Waals surface area (Å²) in [5.74, 6) is -0.283. The van der Waals surface area contributed by atoms with Crippen molar-refractivity contribution in [3.63, 3.8) is 0 Å². The molecule has 7 heteroatoms. The first-order valence-electron chi connectivity index (χ1n) is 10.2. The van der Waals surface area contributed by atoms with Crippen LogP contribution in [0.25, 0.3) is 6.08 Å². The van der Waals surface area contributed by atoms with E-state index in [1.54, 1.807) is 0 Å². The van der Waals surface area contributed by atoms with Crippen molar-refractivity contribution >= 4 is 25.7 Å². The van der Waals surface area contributed by atoms with Gasteiger partial charge in [-0.05, 0) is 57.8 Å². The molecule has 0 aliphatic carbocycles. The van der Waals surface area contributed by atoms with E-state index < -0.39 is 14.4 Å². The molecule has 1 rings (SSSR count). The maximum Gasteiger partial charge on any atom is 0.193 e. The lowest BCUT2D eigenvalue weighted by Gasteiger charge is -2.38. The highest BCUT2D eigenvalue weighted by atomic mass is 32.1. The summed E-state index contributed by atoms with van der Waals surface area (Å²) in [6, 6.07) is 0. The summed E-state index contributed by atoms with van der Waals surface area (Å²) in [7, 11) is -2.14. The van der Waals surface area contributed by atoms with Crippen LogP contribution in [0.4, 0.5) is 4.39 Å². The molecule has 0 aliphatic rings. The van der Waals surface area contributed by atoms with Gasteiger partial charge in [-0.15, -0.1) is 11.3 Å². The number of aryl methyl sites for hydroxylation is 1. The molecule has 0 saturated carbocycles. The van der Waals surface area contributed by atoms with Gasteiger partial charge in [0.15, 0.2) is 8.32 Å². The number of aliphatic hydroxyl groups excluding tert-OH is 1. The fraction of sp³-hybridized carbons (Fsp3) is 0.682. The van der Waals surface area contributed by atoms with Gasteiger partial charge in [-0.25, -0.2) is 9.37 Å². The van der Waals surface area contributed by atoms with Gasteiger partial charge >= 0.3 is 0 Å². The minimum Gasteiger partial charge on any atom is -0.407 e. The number of halogens is 1. The van der Waals surface area contributed by atoms with E-state index in [0.29, 0.717) is 18.7 Å². The van der Waals surface area contributed by atoms with Gasteiger partial charge in [-0.3, -0.25) is 0 Å². The molecule has 1 aromatic heterocycles. The predicted octanol–water partition coefficient (Wildman–Crippen LogP) is 6.28. The lowest BCUT2D eigenvalue weighted by atomic mass is 10.1. The van der Waals surface area contributed by atoms with Crippen molar-refractivity contribution in [2.45, 2.75) is 84.7 Å². The molecule has 0 bridgehead atoms. The summed E-state index contributed by atoms with van der Waals surface area (Å²) < 4.78 is 27.1. The van der Waals surface area contributed by atoms with Crippen molar-refractivity contribution in [2.24, 2.45) is 0 Å². The molecular weight excluding hydrogens is 405 g/mol. The highest BCUT2D eigenvalue weighted by molar-refractivity contribution is 7.09. The molecule has 0 saturated heterocycles. The number of rotatable bonds is 11. The van der Waals surface area contributed by atoms with Gasteiger partial charge in [-0.1, -0.05) is 32.4 Å². The molecular formula is C22H38FNO3SSi. The number of hydrogen-bond acceptors (Lipinski definition) is 5. The normalized spacial score (nSPS) is 16.2. The molecule has 0 aliphatic heterocycles. The second-order valence-corrected chi connectivity index (χ2v) is 14.9. The van der Waals surface area contributed by atoms with E-state index in [2.05, 4.69) is 38.8 Å². The molecule has 166 valence electrons. The average Bonchev–Trinajstić information content (AvgIpc) is 3.01. The molecule has 0 fully saturated rings. The van der Waals surface area contributed by atoms with Gasteiger partial charge in [-0.2, -0.15) is 0 Å². The molecule has 0 unspecified atom stereocenters. The maximum absolute atomic E-state index is 15.2. The zero-order chi connectivity index (χ0) is 22.2. The Balaban J connectivity index is 2.92. The summed E-state index contributed by atoms with van der Waals surface area (Å²) in [5, 5.41) is 11.8. The topological polar surface area (TPSA) is 51.6 Å². The number of nitrogens with zero attached hydrogens (tertiary/aromatic N) is 1. The van der Waals surface area contributed by atoms with E-state index in [4.69, 9.17) is 14.3 Å². The van der Waals surface area contributed by atoms with E-state index in [1.165, 1.54) is 17.4 Å². The van der Waals surface area contributed by atoms with Crippen molar-refractivity contribution in [2.75, 3.05) is 13.2 Å². The Morgan fingerprint density at radius 1 is 1.38 bits per heavy atom. The summed E-state index contributed by atoms with van der Waals surface area (Å²) in [6.45, 7) is 17.1. The SMILES string of the molecule is C/C(=C\C[C@H](O[Si](C)(C)C(C)(C)C)/C(F)=C\c1csc(C)n1)CCO[C@H](C)CO. The Morgan fingerprint density at radius 2 is 2.03 bits per heavy atom. The molecule has 0 spiro atoms. The molecule has 1 heterocycles. The summed E-state index contributed by atoms with van der Waals surface area (Å²) in [5.41, 5.74) is 1.76. The third-order valence-corrected chi connectivity index (χ3v) is 10.6. The van der Waals surface area contributed by atoms with E-state index in [0.717, 1.165) is 17.0 Å². The van der Waals surface area contributed by atoms with E-state index in [1.807, 2.05) is 32.2 Å². The molecule has 4 nitrogen and oxygen atoms in total. The molecule has 2 atom stereocenters. The van der Waals surface area contributed by atoms with E-state index >= 15 is 4.39 Å². The minimum atomic E-state index is -2.14. The van der Waals surface area contributed by atoms with Gasteiger partial charge in [0.1, 0.15) is 11.9 Å². The van der Waals surface area contributed by atoms with Crippen LogP contribution in [0, 0.1) is 6.92 Å². The second-order valence-electron chi connectivity index (χ2n) is 9.09. The first-order valence-corrected chi connectivity index (χ1v) is 14.0. The van der Waals surface area contributed by atoms with Crippen molar-refractivity contribution < 1.29 is 18.7 Å². The van der Waals surface area contributed by atoms with Gasteiger partial charge in [0, 0.05) is 5.38 Å². The van der Waals surface area contributed by atoms with Crippen LogP contribution < -0.4 is 0 Å². The lowest BCUT2D eigenvalue weighted by molar-refractivity contribution is 0.0267. The summed E-state index contributed by atoms with van der Waals surface area (Å²) in [4.78, 5) is 4.34. The van der Waals surface area contributed by atoms with Crippen LogP contribution in [-0.4, -0.2) is 43.8 Å². The summed E-state index contributed by atoms with van der Waals surface area (Å²) >= 11 is 1.51. The monoisotopic (exact) mass is 443 g/mol. The van der Waals surface area contributed by atoms with Crippen LogP contribution in [0.1, 0.15) is 58.2 Å². The fourth-order valence-corrected chi connectivity index (χ4v) is 4.16. The summed E-state index contributed by atoms with van der Waals surface area (Å²) in [6.07, 6.45) is 3.96. The van der Waals surface area contributed by atoms with Crippen LogP contribution >= 0.6 is 11.3 Å². The van der Waals surface area contributed by atoms with Crippen LogP contribution in [0.15, 0.2) is 22.9 Å². The van der Waals surface area contributed by atoms with Gasteiger partial charge in [0.2, 0.25) is 0 Å². The molecule has 0 aromatic carbocycles. The number of hydrogen-bond donors (Lipinski definition) is 1. The Kier molecular flexibility index (Phi) is 10.4. The van der Waals surface area contributed by atoms with Crippen LogP contribution in [0.5, 0.6) is 0 Å². The maximum atomic E-state index is 15.2. The molecule has 0 radical (unpaired) electrons. The predicted molar refractivity (Wildman–Crippen MR) is 123 cm³/mol. The van der Waals surface area contributed by atoms with Crippen molar-refractivity contribution in [1.82, 2.24) is 4.98 Å². The Hall–Kier alpha value is -0.863. The lowest BCUT2D eigenvalue weighted by Crippen LogP contribution is -2.44. The number of thiazole rings is 1. The molecule has 0 amide bonds. The standard InChI is InChI=1S/C22H38FNO3SSi/c1-16(11-12-26-17(2)14-25)9-10-21(27-29(7,8)22(4,5)6)20(23)13-19-15-28-18(3)24-19/h9,13,15,17,21,25H,10-12,14H2,1-8H3/b16-9+,20-13+/t17-,21+/m1/s1.